The minimum Gasteiger partial charge on any atom is -0.507 e. The van der Waals surface area contributed by atoms with Crippen molar-refractivity contribution in [3.05, 3.63) is 87.5 Å². The number of ether oxygens (including phenoxy) is 4. The van der Waals surface area contributed by atoms with E-state index in [4.69, 9.17) is 18.9 Å². The molecular formula is C44H48O12. The Labute approximate surface area is 324 Å². The van der Waals surface area contributed by atoms with Gasteiger partial charge < -0.3 is 49.6 Å². The van der Waals surface area contributed by atoms with Crippen LogP contribution in [0.25, 0.3) is 10.8 Å². The molecule has 0 radical (unpaired) electrons. The minimum atomic E-state index is -1.75. The van der Waals surface area contributed by atoms with Crippen LogP contribution in [0.4, 0.5) is 0 Å². The van der Waals surface area contributed by atoms with Crippen molar-refractivity contribution in [3.8, 4) is 17.2 Å². The number of aromatic hydroxyl groups is 2. The lowest BCUT2D eigenvalue weighted by molar-refractivity contribution is -0.326. The van der Waals surface area contributed by atoms with Crippen LogP contribution in [0.1, 0.15) is 70.4 Å². The molecule has 4 fully saturated rings. The number of carboxylic acids is 1. The first kappa shape index (κ1) is 37.3. The first-order chi connectivity index (χ1) is 27.0. The van der Waals surface area contributed by atoms with Crippen molar-refractivity contribution in [1.29, 1.82) is 0 Å². The molecule has 6 N–H and O–H groups in total. The average Bonchev–Trinajstić information content (AvgIpc) is 3.56. The molecule has 0 bridgehead atoms. The number of carbonyl (C=O) groups excluding carboxylic acids is 1. The largest absolute Gasteiger partial charge is 0.507 e. The molecule has 56 heavy (non-hydrogen) atoms. The number of hydrogen-bond acceptors (Lipinski definition) is 11. The van der Waals surface area contributed by atoms with E-state index in [2.05, 4.69) is 6.08 Å². The van der Waals surface area contributed by atoms with Crippen molar-refractivity contribution in [3.63, 3.8) is 0 Å². The highest BCUT2D eigenvalue weighted by Crippen LogP contribution is 2.61. The Morgan fingerprint density at radius 1 is 1.02 bits per heavy atom. The predicted octanol–water partition coefficient (Wildman–Crippen LogP) is 4.99. The molecule has 0 amide bonds. The minimum absolute atomic E-state index is 0.0108. The second-order valence-corrected chi connectivity index (χ2v) is 16.5. The number of allylic oxidation sites excluding steroid dienone is 2. The van der Waals surface area contributed by atoms with Crippen molar-refractivity contribution in [2.75, 3.05) is 26.4 Å². The maximum absolute atomic E-state index is 13.6. The average molecular weight is 769 g/mol. The molecule has 3 aromatic carbocycles. The molecule has 12 nitrogen and oxygen atoms in total. The van der Waals surface area contributed by atoms with Crippen LogP contribution in [0.3, 0.4) is 0 Å². The zero-order valence-electron chi connectivity index (χ0n) is 31.2. The number of hydrogen-bond donors (Lipinski definition) is 6. The number of phenolic OH excluding ortho intramolecular Hbond substituents is 2. The number of aliphatic hydroxyl groups excluding tert-OH is 3. The van der Waals surface area contributed by atoms with Gasteiger partial charge in [-0.15, -0.1) is 0 Å². The summed E-state index contributed by atoms with van der Waals surface area (Å²) < 4.78 is 25.3. The number of Topliss-reactive ketones (excluding diaryl/α,β-unsaturated/α-hetero) is 1. The maximum atomic E-state index is 13.6. The molecule has 6 aliphatic rings. The number of aliphatic hydroxyl groups is 3. The van der Waals surface area contributed by atoms with Gasteiger partial charge in [0.1, 0.15) is 41.2 Å². The number of aromatic carboxylic acids is 1. The van der Waals surface area contributed by atoms with Gasteiger partial charge in [-0.25, -0.2) is 4.79 Å². The Bertz CT molecular complexity index is 2140. The summed E-state index contributed by atoms with van der Waals surface area (Å²) in [6.07, 6.45) is 0.735. The summed E-state index contributed by atoms with van der Waals surface area (Å²) in [5, 5.41) is 67.8. The Hall–Kier alpha value is -4.30. The van der Waals surface area contributed by atoms with Crippen LogP contribution >= 0.6 is 0 Å². The quantitative estimate of drug-likeness (QED) is 0.133. The zero-order chi connectivity index (χ0) is 39.0. The summed E-state index contributed by atoms with van der Waals surface area (Å²) in [7, 11) is 0. The van der Waals surface area contributed by atoms with Crippen LogP contribution in [0.2, 0.25) is 0 Å². The van der Waals surface area contributed by atoms with E-state index in [0.717, 1.165) is 49.5 Å². The summed E-state index contributed by atoms with van der Waals surface area (Å²) in [5.41, 5.74) is 2.72. The molecule has 0 unspecified atom stereocenters. The highest BCUT2D eigenvalue weighted by Gasteiger charge is 2.62. The van der Waals surface area contributed by atoms with Crippen molar-refractivity contribution < 1.29 is 59.2 Å². The number of rotatable bonds is 8. The highest BCUT2D eigenvalue weighted by molar-refractivity contribution is 6.11. The maximum Gasteiger partial charge on any atom is 0.335 e. The Kier molecular flexibility index (Phi) is 9.50. The van der Waals surface area contributed by atoms with E-state index in [1.165, 1.54) is 24.1 Å². The van der Waals surface area contributed by atoms with Gasteiger partial charge in [0.25, 0.3) is 0 Å². The van der Waals surface area contributed by atoms with Gasteiger partial charge in [0.05, 0.1) is 36.3 Å². The van der Waals surface area contributed by atoms with Crippen molar-refractivity contribution in [2.45, 2.75) is 82.1 Å². The number of fused-ring (bicyclic) bond motifs is 3. The molecule has 2 saturated heterocycles. The van der Waals surface area contributed by atoms with Gasteiger partial charge in [0.15, 0.2) is 5.78 Å². The standard InChI is InChI=1S/C44H48O12/c1-21-34(31(46)13-10-22-6-3-2-4-7-22)39(48)37-28(38(21)47)14-25(42(51)52)15-32(37)55-43-40(49)41(50)44(33(17-45)56-43)16-29-26-9-5-8-23-18-53-20-30(36(23)26)27-12-11-24(19-54-44)35(27)29/h2-4,6-7,12,14-15,23,26,29-30,33,36,40-41,43,45,47-50H,5,8-11,13,16-20H2,1H3,(H,51,52)/t23-,26-,29-,30-,33-,36+,40-,41-,43-,44-/m1/s1. The summed E-state index contributed by atoms with van der Waals surface area (Å²) in [6.45, 7) is 2.50. The lowest BCUT2D eigenvalue weighted by Gasteiger charge is -2.56. The van der Waals surface area contributed by atoms with Crippen LogP contribution < -0.4 is 4.74 Å². The fourth-order valence-electron chi connectivity index (χ4n) is 11.2. The summed E-state index contributed by atoms with van der Waals surface area (Å²) in [4.78, 5) is 26.0. The molecule has 0 aromatic heterocycles. The molecule has 2 saturated carbocycles. The second kappa shape index (κ2) is 14.3. The predicted molar refractivity (Wildman–Crippen MR) is 202 cm³/mol. The second-order valence-electron chi connectivity index (χ2n) is 16.5. The topological polar surface area (TPSA) is 192 Å². The molecule has 3 aliphatic heterocycles. The first-order valence-corrected chi connectivity index (χ1v) is 19.8. The van der Waals surface area contributed by atoms with E-state index in [1.54, 1.807) is 0 Å². The molecule has 1 spiro atoms. The summed E-state index contributed by atoms with van der Waals surface area (Å²) in [6, 6.07) is 11.6. The lowest BCUT2D eigenvalue weighted by Crippen LogP contribution is -2.69. The van der Waals surface area contributed by atoms with E-state index in [0.29, 0.717) is 43.1 Å². The van der Waals surface area contributed by atoms with E-state index in [1.807, 2.05) is 30.3 Å². The van der Waals surface area contributed by atoms with Gasteiger partial charge in [-0.1, -0.05) is 42.8 Å². The number of benzene rings is 3. The van der Waals surface area contributed by atoms with E-state index in [9.17, 15) is 40.2 Å². The molecular weight excluding hydrogens is 720 g/mol. The molecule has 12 heteroatoms. The third-order valence-corrected chi connectivity index (χ3v) is 13.8. The van der Waals surface area contributed by atoms with Crippen LogP contribution in [-0.2, 0) is 20.6 Å². The van der Waals surface area contributed by atoms with Crippen molar-refractivity contribution in [1.82, 2.24) is 0 Å². The normalized spacial score (nSPS) is 33.4. The number of phenols is 2. The van der Waals surface area contributed by atoms with Crippen LogP contribution in [0.5, 0.6) is 17.2 Å². The Balaban J connectivity index is 1.05. The summed E-state index contributed by atoms with van der Waals surface area (Å²) in [5.74, 6) is -1.56. The van der Waals surface area contributed by atoms with Crippen molar-refractivity contribution >= 4 is 22.5 Å². The number of carbonyl (C=O) groups is 2. The van der Waals surface area contributed by atoms with Gasteiger partial charge in [0.2, 0.25) is 6.29 Å². The van der Waals surface area contributed by atoms with Gasteiger partial charge in [-0.3, -0.25) is 4.79 Å². The monoisotopic (exact) mass is 768 g/mol. The molecule has 9 rings (SSSR count). The molecule has 3 aliphatic carbocycles. The molecule has 3 heterocycles. The van der Waals surface area contributed by atoms with Crippen LogP contribution in [0, 0.1) is 36.5 Å². The fourth-order valence-corrected chi connectivity index (χ4v) is 11.2. The molecule has 296 valence electrons. The Morgan fingerprint density at radius 3 is 2.59 bits per heavy atom. The third kappa shape index (κ3) is 5.79. The van der Waals surface area contributed by atoms with E-state index >= 15 is 0 Å². The number of ketones is 1. The summed E-state index contributed by atoms with van der Waals surface area (Å²) >= 11 is 0. The molecule has 10 atom stereocenters. The van der Waals surface area contributed by atoms with Gasteiger partial charge >= 0.3 is 5.97 Å². The van der Waals surface area contributed by atoms with Crippen LogP contribution in [0.15, 0.2) is 65.3 Å². The van der Waals surface area contributed by atoms with Gasteiger partial charge in [-0.05, 0) is 97.1 Å². The van der Waals surface area contributed by atoms with Gasteiger partial charge in [0, 0.05) is 29.9 Å². The smallest absolute Gasteiger partial charge is 0.335 e. The van der Waals surface area contributed by atoms with Gasteiger partial charge in [-0.2, -0.15) is 0 Å². The van der Waals surface area contributed by atoms with E-state index in [-0.39, 0.29) is 52.2 Å². The van der Waals surface area contributed by atoms with Crippen molar-refractivity contribution in [2.24, 2.45) is 29.6 Å². The number of aryl methyl sites for hydroxylation is 1. The number of carboxylic acid groups (broad SMARTS) is 1. The Morgan fingerprint density at radius 2 is 1.82 bits per heavy atom. The SMILES string of the molecule is Cc1c(C(=O)CCc2ccccc2)c(O)c2c(O[C@@H]3O[C@H](CO)[C@]4(C[C@H]5C6=C(CC=C6[C@H]6COC[C@H]7CCC[C@H]5[C@H]76)CO4)[C@H](O)[C@H]3O)cc(C(=O)O)cc2c1O. The lowest BCUT2D eigenvalue weighted by atomic mass is 9.52. The zero-order valence-corrected chi connectivity index (χ0v) is 31.2. The molecule has 3 aromatic rings. The fraction of sp³-hybridized carbons (Fsp3) is 0.500. The highest BCUT2D eigenvalue weighted by atomic mass is 16.7. The van der Waals surface area contributed by atoms with Crippen LogP contribution in [-0.4, -0.2) is 99.0 Å². The first-order valence-electron chi connectivity index (χ1n) is 19.8. The van der Waals surface area contributed by atoms with E-state index < -0.39 is 60.1 Å². The third-order valence-electron chi connectivity index (χ3n) is 13.8.